The Morgan fingerprint density at radius 2 is 1.56 bits per heavy atom. The molecule has 0 aliphatic rings. The van der Waals surface area contributed by atoms with E-state index in [1.54, 1.807) is 17.3 Å². The first-order valence-corrected chi connectivity index (χ1v) is 8.16. The predicted molar refractivity (Wildman–Crippen MR) is 96.9 cm³/mol. The smallest absolute Gasteiger partial charge is 0.221 e. The Bertz CT molecular complexity index is 795. The van der Waals surface area contributed by atoms with Crippen LogP contribution in [-0.2, 0) is 24.4 Å². The molecule has 1 aromatic heterocycles. The lowest BCUT2D eigenvalue weighted by atomic mass is 10.1. The van der Waals surface area contributed by atoms with Crippen molar-refractivity contribution in [3.8, 4) is 0 Å². The maximum Gasteiger partial charge on any atom is 0.221 e. The maximum atomic E-state index is 11.0. The Labute approximate surface area is 146 Å². The Morgan fingerprint density at radius 3 is 2.12 bits per heavy atom. The van der Waals surface area contributed by atoms with Crippen LogP contribution in [0.2, 0.25) is 0 Å². The van der Waals surface area contributed by atoms with Crippen LogP contribution in [-0.4, -0.2) is 20.7 Å². The van der Waals surface area contributed by atoms with Gasteiger partial charge in [0.15, 0.2) is 0 Å². The number of nitrogens with zero attached hydrogens (tertiary/aromatic N) is 3. The van der Waals surface area contributed by atoms with E-state index >= 15 is 0 Å². The van der Waals surface area contributed by atoms with Crippen LogP contribution in [0.5, 0.6) is 0 Å². The number of aromatic nitrogens is 3. The molecule has 1 amide bonds. The predicted octanol–water partition coefficient (Wildman–Crippen LogP) is 2.57. The van der Waals surface area contributed by atoms with Gasteiger partial charge in [-0.1, -0.05) is 36.4 Å². The second kappa shape index (κ2) is 8.21. The molecule has 0 saturated heterocycles. The molecule has 1 heterocycles. The molecule has 0 atom stereocenters. The molecular weight excluding hydrogens is 314 g/mol. The van der Waals surface area contributed by atoms with E-state index in [0.717, 1.165) is 25.3 Å². The first kappa shape index (κ1) is 16.9. The van der Waals surface area contributed by atoms with Crippen molar-refractivity contribution in [1.29, 1.82) is 0 Å². The summed E-state index contributed by atoms with van der Waals surface area (Å²) in [6.07, 6.45) is 3.26. The lowest BCUT2D eigenvalue weighted by molar-refractivity contribution is -0.114. The summed E-state index contributed by atoms with van der Waals surface area (Å²) >= 11 is 0. The van der Waals surface area contributed by atoms with Crippen LogP contribution >= 0.6 is 0 Å². The van der Waals surface area contributed by atoms with E-state index in [1.807, 2.05) is 24.3 Å². The number of benzene rings is 2. The van der Waals surface area contributed by atoms with Crippen molar-refractivity contribution in [2.24, 2.45) is 0 Å². The molecule has 0 unspecified atom stereocenters. The first-order chi connectivity index (χ1) is 12.2. The normalized spacial score (nSPS) is 10.6. The van der Waals surface area contributed by atoms with Crippen molar-refractivity contribution in [1.82, 2.24) is 20.1 Å². The summed E-state index contributed by atoms with van der Waals surface area (Å²) in [5.41, 5.74) is 4.43. The molecule has 128 valence electrons. The third-order valence-electron chi connectivity index (χ3n) is 3.77. The van der Waals surface area contributed by atoms with Crippen LogP contribution in [0.4, 0.5) is 5.69 Å². The fourth-order valence-corrected chi connectivity index (χ4v) is 2.52. The Hall–Kier alpha value is -2.99. The van der Waals surface area contributed by atoms with Crippen LogP contribution < -0.4 is 10.6 Å². The molecule has 3 rings (SSSR count). The van der Waals surface area contributed by atoms with E-state index < -0.39 is 0 Å². The van der Waals surface area contributed by atoms with E-state index in [4.69, 9.17) is 0 Å². The molecule has 0 aliphatic carbocycles. The number of hydrogen-bond acceptors (Lipinski definition) is 4. The summed E-state index contributed by atoms with van der Waals surface area (Å²) in [5, 5.41) is 10.3. The molecule has 0 saturated carbocycles. The van der Waals surface area contributed by atoms with Gasteiger partial charge in [-0.3, -0.25) is 4.79 Å². The van der Waals surface area contributed by atoms with E-state index in [2.05, 4.69) is 45.0 Å². The van der Waals surface area contributed by atoms with Crippen molar-refractivity contribution in [3.05, 3.63) is 77.9 Å². The minimum absolute atomic E-state index is 0.0573. The summed E-state index contributed by atoms with van der Waals surface area (Å²) in [4.78, 5) is 15.0. The topological polar surface area (TPSA) is 71.8 Å². The molecule has 0 radical (unpaired) electrons. The zero-order valence-corrected chi connectivity index (χ0v) is 14.1. The van der Waals surface area contributed by atoms with Gasteiger partial charge in [0.05, 0.1) is 6.54 Å². The largest absolute Gasteiger partial charge is 0.326 e. The van der Waals surface area contributed by atoms with Crippen LogP contribution in [0.25, 0.3) is 0 Å². The van der Waals surface area contributed by atoms with Crippen molar-refractivity contribution >= 4 is 11.6 Å². The highest BCUT2D eigenvalue weighted by molar-refractivity contribution is 5.88. The lowest BCUT2D eigenvalue weighted by Gasteiger charge is -2.08. The molecule has 25 heavy (non-hydrogen) atoms. The van der Waals surface area contributed by atoms with Crippen LogP contribution in [0, 0.1) is 0 Å². The van der Waals surface area contributed by atoms with Gasteiger partial charge in [0.1, 0.15) is 12.7 Å². The Kier molecular flexibility index (Phi) is 5.53. The second-order valence-corrected chi connectivity index (χ2v) is 5.89. The van der Waals surface area contributed by atoms with E-state index in [9.17, 15) is 4.79 Å². The van der Waals surface area contributed by atoms with Gasteiger partial charge in [-0.15, -0.1) is 0 Å². The summed E-state index contributed by atoms with van der Waals surface area (Å²) < 4.78 is 1.80. The third-order valence-corrected chi connectivity index (χ3v) is 3.77. The van der Waals surface area contributed by atoms with Crippen molar-refractivity contribution < 1.29 is 4.79 Å². The summed E-state index contributed by atoms with van der Waals surface area (Å²) in [5.74, 6) is -0.0573. The summed E-state index contributed by atoms with van der Waals surface area (Å²) in [6.45, 7) is 3.82. The minimum Gasteiger partial charge on any atom is -0.326 e. The molecule has 0 bridgehead atoms. The SMILES string of the molecule is CC(=O)Nc1ccc(CNCc2ccc(Cn3cncn3)cc2)cc1. The number of rotatable bonds is 7. The Balaban J connectivity index is 1.46. The minimum atomic E-state index is -0.0573. The van der Waals surface area contributed by atoms with Gasteiger partial charge < -0.3 is 10.6 Å². The van der Waals surface area contributed by atoms with E-state index in [1.165, 1.54) is 23.6 Å². The number of anilines is 1. The number of nitrogens with one attached hydrogen (secondary N) is 2. The van der Waals surface area contributed by atoms with Gasteiger partial charge in [-0.2, -0.15) is 5.10 Å². The Morgan fingerprint density at radius 1 is 0.960 bits per heavy atom. The van der Waals surface area contributed by atoms with Gasteiger partial charge in [0.2, 0.25) is 5.91 Å². The molecule has 2 N–H and O–H groups in total. The number of carbonyl (C=O) groups excluding carboxylic acids is 1. The number of carbonyl (C=O) groups is 1. The van der Waals surface area contributed by atoms with Crippen molar-refractivity contribution in [2.75, 3.05) is 5.32 Å². The van der Waals surface area contributed by atoms with E-state index in [-0.39, 0.29) is 5.91 Å². The molecule has 0 fully saturated rings. The molecule has 3 aromatic rings. The van der Waals surface area contributed by atoms with Crippen molar-refractivity contribution in [2.45, 2.75) is 26.6 Å². The molecule has 6 nitrogen and oxygen atoms in total. The van der Waals surface area contributed by atoms with Crippen LogP contribution in [0.3, 0.4) is 0 Å². The average Bonchev–Trinajstić information content (AvgIpc) is 3.11. The molecule has 6 heteroatoms. The van der Waals surface area contributed by atoms with Gasteiger partial charge in [0, 0.05) is 25.7 Å². The standard InChI is InChI=1S/C19H21N5O/c1-15(25)23-19-8-6-17(7-9-19)11-20-10-16-2-4-18(5-3-16)12-24-14-21-13-22-24/h2-9,13-14,20H,10-12H2,1H3,(H,23,25). The van der Waals surface area contributed by atoms with Crippen molar-refractivity contribution in [3.63, 3.8) is 0 Å². The van der Waals surface area contributed by atoms with Gasteiger partial charge in [0.25, 0.3) is 0 Å². The fraction of sp³-hybridized carbons (Fsp3) is 0.211. The fourth-order valence-electron chi connectivity index (χ4n) is 2.52. The van der Waals surface area contributed by atoms with E-state index in [0.29, 0.717) is 0 Å². The zero-order valence-electron chi connectivity index (χ0n) is 14.1. The average molecular weight is 335 g/mol. The molecule has 0 aliphatic heterocycles. The summed E-state index contributed by atoms with van der Waals surface area (Å²) in [6, 6.07) is 16.3. The lowest BCUT2D eigenvalue weighted by Crippen LogP contribution is -2.13. The number of hydrogen-bond donors (Lipinski definition) is 2. The highest BCUT2D eigenvalue weighted by atomic mass is 16.1. The highest BCUT2D eigenvalue weighted by Gasteiger charge is 1.99. The van der Waals surface area contributed by atoms with Crippen LogP contribution in [0.1, 0.15) is 23.6 Å². The molecule has 2 aromatic carbocycles. The van der Waals surface area contributed by atoms with Gasteiger partial charge in [-0.25, -0.2) is 9.67 Å². The third kappa shape index (κ3) is 5.26. The van der Waals surface area contributed by atoms with Gasteiger partial charge >= 0.3 is 0 Å². The van der Waals surface area contributed by atoms with Crippen LogP contribution in [0.15, 0.2) is 61.2 Å². The zero-order chi connectivity index (χ0) is 17.5. The van der Waals surface area contributed by atoms with Gasteiger partial charge in [-0.05, 0) is 28.8 Å². The monoisotopic (exact) mass is 335 g/mol. The summed E-state index contributed by atoms with van der Waals surface area (Å²) in [7, 11) is 0. The molecule has 0 spiro atoms. The molecular formula is C19H21N5O. The first-order valence-electron chi connectivity index (χ1n) is 8.16. The quantitative estimate of drug-likeness (QED) is 0.696. The highest BCUT2D eigenvalue weighted by Crippen LogP contribution is 2.10. The number of amides is 1. The second-order valence-electron chi connectivity index (χ2n) is 5.89. The maximum absolute atomic E-state index is 11.0.